The number of benzene rings is 1. The van der Waals surface area contributed by atoms with E-state index in [4.69, 9.17) is 0 Å². The molecule has 0 unspecified atom stereocenters. The fraction of sp³-hybridized carbons (Fsp3) is 0.286. The fourth-order valence-electron chi connectivity index (χ4n) is 1.64. The second kappa shape index (κ2) is 6.43. The minimum atomic E-state index is -4.33. The monoisotopic (exact) mass is 296 g/mol. The van der Waals surface area contributed by atoms with Gasteiger partial charge in [-0.3, -0.25) is 0 Å². The number of hydrogen-bond acceptors (Lipinski definition) is 4. The summed E-state index contributed by atoms with van der Waals surface area (Å²) in [7, 11) is 0. The number of aromatic nitrogens is 2. The third-order valence-corrected chi connectivity index (χ3v) is 2.67. The molecule has 0 atom stereocenters. The van der Waals surface area contributed by atoms with Crippen molar-refractivity contribution >= 4 is 17.5 Å². The van der Waals surface area contributed by atoms with Gasteiger partial charge in [0.1, 0.15) is 5.82 Å². The molecule has 0 aliphatic carbocycles. The van der Waals surface area contributed by atoms with Gasteiger partial charge in [0.2, 0.25) is 5.95 Å². The average molecular weight is 296 g/mol. The van der Waals surface area contributed by atoms with E-state index >= 15 is 0 Å². The number of rotatable bonds is 5. The van der Waals surface area contributed by atoms with E-state index in [1.807, 2.05) is 6.92 Å². The number of nitrogens with one attached hydrogen (secondary N) is 2. The number of anilines is 3. The van der Waals surface area contributed by atoms with E-state index in [0.717, 1.165) is 25.1 Å². The van der Waals surface area contributed by atoms with Crippen LogP contribution in [0.5, 0.6) is 0 Å². The van der Waals surface area contributed by atoms with Gasteiger partial charge < -0.3 is 10.6 Å². The minimum absolute atomic E-state index is 0.480. The van der Waals surface area contributed by atoms with Crippen LogP contribution in [0.15, 0.2) is 36.5 Å². The standard InChI is InChI=1S/C14H15F3N4/c1-2-8-18-13-19-9-7-12(21-13)20-11-5-3-10(4-6-11)14(15,16)17/h3-7,9H,2,8H2,1H3,(H2,18,19,20,21). The van der Waals surface area contributed by atoms with Gasteiger partial charge in [-0.1, -0.05) is 6.92 Å². The van der Waals surface area contributed by atoms with E-state index in [-0.39, 0.29) is 0 Å². The normalized spacial score (nSPS) is 11.2. The molecule has 1 aromatic carbocycles. The lowest BCUT2D eigenvalue weighted by atomic mass is 10.2. The highest BCUT2D eigenvalue weighted by Gasteiger charge is 2.29. The number of alkyl halides is 3. The van der Waals surface area contributed by atoms with Crippen LogP contribution in [-0.2, 0) is 6.18 Å². The Hall–Kier alpha value is -2.31. The fourth-order valence-corrected chi connectivity index (χ4v) is 1.64. The lowest BCUT2D eigenvalue weighted by molar-refractivity contribution is -0.137. The first-order valence-corrected chi connectivity index (χ1v) is 6.50. The van der Waals surface area contributed by atoms with Crippen LogP contribution < -0.4 is 10.6 Å². The summed E-state index contributed by atoms with van der Waals surface area (Å²) in [6, 6.07) is 6.43. The van der Waals surface area contributed by atoms with Gasteiger partial charge in [0, 0.05) is 18.4 Å². The van der Waals surface area contributed by atoms with Crippen molar-refractivity contribution in [2.45, 2.75) is 19.5 Å². The largest absolute Gasteiger partial charge is 0.416 e. The van der Waals surface area contributed by atoms with E-state index < -0.39 is 11.7 Å². The molecule has 1 heterocycles. The van der Waals surface area contributed by atoms with Crippen LogP contribution in [0.2, 0.25) is 0 Å². The predicted molar refractivity (Wildman–Crippen MR) is 75.5 cm³/mol. The summed E-state index contributed by atoms with van der Waals surface area (Å²) in [6.07, 6.45) is -1.80. The van der Waals surface area contributed by atoms with E-state index in [9.17, 15) is 13.2 Å². The number of hydrogen-bond donors (Lipinski definition) is 2. The van der Waals surface area contributed by atoms with Crippen LogP contribution in [0.1, 0.15) is 18.9 Å². The molecule has 4 nitrogen and oxygen atoms in total. The molecular formula is C14H15F3N4. The molecule has 0 fully saturated rings. The Morgan fingerprint density at radius 2 is 1.81 bits per heavy atom. The Morgan fingerprint density at radius 3 is 2.43 bits per heavy atom. The smallest absolute Gasteiger partial charge is 0.354 e. The lowest BCUT2D eigenvalue weighted by Crippen LogP contribution is -2.06. The summed E-state index contributed by atoms with van der Waals surface area (Å²) in [5.74, 6) is 0.997. The zero-order chi connectivity index (χ0) is 15.3. The summed E-state index contributed by atoms with van der Waals surface area (Å²) in [6.45, 7) is 2.78. The molecule has 2 rings (SSSR count). The van der Waals surface area contributed by atoms with Gasteiger partial charge in [0.15, 0.2) is 0 Å². The summed E-state index contributed by atoms with van der Waals surface area (Å²) in [5.41, 5.74) is -0.149. The lowest BCUT2D eigenvalue weighted by Gasteiger charge is -2.10. The minimum Gasteiger partial charge on any atom is -0.354 e. The zero-order valence-electron chi connectivity index (χ0n) is 11.4. The highest BCUT2D eigenvalue weighted by molar-refractivity contribution is 5.57. The molecule has 0 aliphatic rings. The van der Waals surface area contributed by atoms with Crippen molar-refractivity contribution in [3.05, 3.63) is 42.1 Å². The van der Waals surface area contributed by atoms with Crippen LogP contribution in [0.3, 0.4) is 0 Å². The van der Waals surface area contributed by atoms with Gasteiger partial charge in [0.25, 0.3) is 0 Å². The molecule has 0 radical (unpaired) electrons. The maximum absolute atomic E-state index is 12.5. The highest BCUT2D eigenvalue weighted by Crippen LogP contribution is 2.30. The molecule has 0 aliphatic heterocycles. The topological polar surface area (TPSA) is 49.8 Å². The summed E-state index contributed by atoms with van der Waals surface area (Å²) >= 11 is 0. The Labute approximate surface area is 120 Å². The molecule has 7 heteroatoms. The first-order chi connectivity index (χ1) is 9.99. The van der Waals surface area contributed by atoms with E-state index in [0.29, 0.717) is 17.5 Å². The van der Waals surface area contributed by atoms with Gasteiger partial charge in [-0.15, -0.1) is 0 Å². The van der Waals surface area contributed by atoms with Crippen molar-refractivity contribution in [1.29, 1.82) is 0 Å². The van der Waals surface area contributed by atoms with Crippen molar-refractivity contribution in [2.24, 2.45) is 0 Å². The maximum Gasteiger partial charge on any atom is 0.416 e. The summed E-state index contributed by atoms with van der Waals surface area (Å²) in [5, 5.41) is 5.98. The molecule has 0 saturated carbocycles. The number of halogens is 3. The molecule has 0 saturated heterocycles. The third-order valence-electron chi connectivity index (χ3n) is 2.67. The van der Waals surface area contributed by atoms with Gasteiger partial charge in [-0.05, 0) is 36.8 Å². The second-order valence-electron chi connectivity index (χ2n) is 4.39. The summed E-state index contributed by atoms with van der Waals surface area (Å²) in [4.78, 5) is 8.28. The van der Waals surface area contributed by atoms with Crippen molar-refractivity contribution in [1.82, 2.24) is 9.97 Å². The number of nitrogens with zero attached hydrogens (tertiary/aromatic N) is 2. The van der Waals surface area contributed by atoms with Crippen LogP contribution in [-0.4, -0.2) is 16.5 Å². The van der Waals surface area contributed by atoms with Gasteiger partial charge >= 0.3 is 6.18 Å². The average Bonchev–Trinajstić information content (AvgIpc) is 2.45. The van der Waals surface area contributed by atoms with Gasteiger partial charge in [0.05, 0.1) is 5.56 Å². The Bertz CT molecular complexity index is 582. The van der Waals surface area contributed by atoms with Crippen LogP contribution in [0, 0.1) is 0 Å². The van der Waals surface area contributed by atoms with E-state index in [1.54, 1.807) is 12.3 Å². The van der Waals surface area contributed by atoms with Crippen molar-refractivity contribution in [3.63, 3.8) is 0 Å². The molecule has 0 spiro atoms. The van der Waals surface area contributed by atoms with Crippen LogP contribution in [0.25, 0.3) is 0 Å². The molecule has 0 bridgehead atoms. The molecule has 0 amide bonds. The third kappa shape index (κ3) is 4.34. The molecule has 2 N–H and O–H groups in total. The molecular weight excluding hydrogens is 281 g/mol. The van der Waals surface area contributed by atoms with Crippen molar-refractivity contribution < 1.29 is 13.2 Å². The first kappa shape index (κ1) is 15.1. The molecule has 112 valence electrons. The van der Waals surface area contributed by atoms with Crippen LogP contribution in [0.4, 0.5) is 30.6 Å². The Balaban J connectivity index is 2.07. The Morgan fingerprint density at radius 1 is 1.10 bits per heavy atom. The zero-order valence-corrected chi connectivity index (χ0v) is 11.4. The van der Waals surface area contributed by atoms with Gasteiger partial charge in [-0.2, -0.15) is 18.2 Å². The second-order valence-corrected chi connectivity index (χ2v) is 4.39. The SMILES string of the molecule is CCCNc1nccc(Nc2ccc(C(F)(F)F)cc2)n1. The summed E-state index contributed by atoms with van der Waals surface area (Å²) < 4.78 is 37.4. The predicted octanol–water partition coefficient (Wildman–Crippen LogP) is 4.06. The van der Waals surface area contributed by atoms with E-state index in [2.05, 4.69) is 20.6 Å². The quantitative estimate of drug-likeness (QED) is 0.873. The van der Waals surface area contributed by atoms with Crippen LogP contribution >= 0.6 is 0 Å². The van der Waals surface area contributed by atoms with Crippen molar-refractivity contribution in [3.8, 4) is 0 Å². The first-order valence-electron chi connectivity index (χ1n) is 6.50. The van der Waals surface area contributed by atoms with E-state index in [1.165, 1.54) is 12.1 Å². The molecule has 2 aromatic rings. The van der Waals surface area contributed by atoms with Crippen molar-refractivity contribution in [2.75, 3.05) is 17.2 Å². The highest BCUT2D eigenvalue weighted by atomic mass is 19.4. The molecule has 1 aromatic heterocycles. The maximum atomic E-state index is 12.5. The molecule has 21 heavy (non-hydrogen) atoms. The Kier molecular flexibility index (Phi) is 4.62. The van der Waals surface area contributed by atoms with Gasteiger partial charge in [-0.25, -0.2) is 4.98 Å².